The summed E-state index contributed by atoms with van der Waals surface area (Å²) in [7, 11) is 0. The molecule has 0 aromatic carbocycles. The molecule has 0 saturated carbocycles. The van der Waals surface area contributed by atoms with Crippen LogP contribution in [0.4, 0.5) is 0 Å². The molecular weight excluding hydrogens is 472 g/mol. The molecule has 15 atom stereocenters. The zero-order valence-electron chi connectivity index (χ0n) is 17.8. The van der Waals surface area contributed by atoms with E-state index >= 15 is 0 Å². The van der Waals surface area contributed by atoms with Crippen molar-refractivity contribution >= 4 is 5.97 Å². The third-order valence-electron chi connectivity index (χ3n) is 6.02. The van der Waals surface area contributed by atoms with Crippen LogP contribution in [0.1, 0.15) is 6.92 Å². The Hall–Kier alpha value is -1.09. The molecular formula is C18H30O16. The summed E-state index contributed by atoms with van der Waals surface area (Å²) in [5.41, 5.74) is 0. The maximum absolute atomic E-state index is 11.3. The highest BCUT2D eigenvalue weighted by Gasteiger charge is 2.54. The van der Waals surface area contributed by atoms with Gasteiger partial charge in [-0.05, 0) is 6.92 Å². The lowest BCUT2D eigenvalue weighted by Crippen LogP contribution is -2.66. The highest BCUT2D eigenvalue weighted by Crippen LogP contribution is 2.32. The molecule has 198 valence electrons. The topological polar surface area (TPSA) is 266 Å². The number of carboxylic acids is 1. The van der Waals surface area contributed by atoms with E-state index in [1.807, 2.05) is 0 Å². The molecule has 3 saturated heterocycles. The van der Waals surface area contributed by atoms with Gasteiger partial charge in [-0.15, -0.1) is 0 Å². The van der Waals surface area contributed by atoms with Gasteiger partial charge < -0.3 is 74.7 Å². The first-order valence-electron chi connectivity index (χ1n) is 10.4. The summed E-state index contributed by atoms with van der Waals surface area (Å²) in [6, 6.07) is 0. The summed E-state index contributed by atoms with van der Waals surface area (Å²) in [6.07, 6.45) is -26.5. The molecule has 3 heterocycles. The number of carboxylic acid groups (broad SMARTS) is 1. The maximum Gasteiger partial charge on any atom is 0.335 e. The van der Waals surface area contributed by atoms with Gasteiger partial charge in [0, 0.05) is 0 Å². The molecule has 0 aromatic rings. The fourth-order valence-corrected chi connectivity index (χ4v) is 3.96. The van der Waals surface area contributed by atoms with Gasteiger partial charge in [-0.1, -0.05) is 0 Å². The van der Waals surface area contributed by atoms with Crippen molar-refractivity contribution in [3.63, 3.8) is 0 Å². The van der Waals surface area contributed by atoms with E-state index in [1.165, 1.54) is 6.92 Å². The standard InChI is InChI=1S/C18H30O16/c1-3-5(20)8(23)14(34-17-10(25)7(22)9(24)13(33-17)15(27)28)18(30-3)32-12-6(21)4(2-19)31-16(29)11(12)26/h3-14,16-26,29H,2H2,1H3,(H,27,28)/t3-,4+,5-,6+,7-,8+,9-,10+,11-,12-,13-,14+,16-,17-,18-/m0/s1. The lowest BCUT2D eigenvalue weighted by molar-refractivity contribution is -0.383. The van der Waals surface area contributed by atoms with Crippen molar-refractivity contribution < 1.29 is 79.5 Å². The van der Waals surface area contributed by atoms with Gasteiger partial charge in [0.2, 0.25) is 0 Å². The Balaban J connectivity index is 1.83. The molecule has 0 unspecified atom stereocenters. The minimum absolute atomic E-state index is 0.757. The van der Waals surface area contributed by atoms with Crippen LogP contribution in [0.25, 0.3) is 0 Å². The Morgan fingerprint density at radius 3 is 1.91 bits per heavy atom. The monoisotopic (exact) mass is 502 g/mol. The van der Waals surface area contributed by atoms with Crippen LogP contribution >= 0.6 is 0 Å². The number of aliphatic carboxylic acids is 1. The molecule has 10 N–H and O–H groups in total. The number of aliphatic hydroxyl groups excluding tert-OH is 9. The summed E-state index contributed by atoms with van der Waals surface area (Å²) in [4.78, 5) is 11.3. The first-order valence-corrected chi connectivity index (χ1v) is 10.4. The van der Waals surface area contributed by atoms with Gasteiger partial charge in [0.15, 0.2) is 25.0 Å². The fraction of sp³-hybridized carbons (Fsp3) is 0.944. The first-order chi connectivity index (χ1) is 15.9. The van der Waals surface area contributed by atoms with Crippen molar-refractivity contribution in [3.8, 4) is 0 Å². The predicted octanol–water partition coefficient (Wildman–Crippen LogP) is -6.45. The Labute approximate surface area is 192 Å². The number of hydrogen-bond acceptors (Lipinski definition) is 15. The lowest BCUT2D eigenvalue weighted by atomic mass is 9.96. The van der Waals surface area contributed by atoms with Crippen LogP contribution in [0.15, 0.2) is 0 Å². The largest absolute Gasteiger partial charge is 0.479 e. The van der Waals surface area contributed by atoms with Gasteiger partial charge in [-0.2, -0.15) is 0 Å². The fourth-order valence-electron chi connectivity index (χ4n) is 3.96. The highest BCUT2D eigenvalue weighted by molar-refractivity contribution is 5.73. The van der Waals surface area contributed by atoms with E-state index in [0.717, 1.165) is 0 Å². The SMILES string of the molecule is C[C@@H]1O[C@@H](O[C@@H]2[C@H](O)[C@@H](O)O[C@H](CO)[C@H]2O)[C@H](O[C@@H]2O[C@H](C(=O)O)[C@@H](O)[C@H](O)[C@H]2O)[C@H](O)[C@H]1O. The number of ether oxygens (including phenoxy) is 5. The average Bonchev–Trinajstić information content (AvgIpc) is 2.79. The van der Waals surface area contributed by atoms with Gasteiger partial charge >= 0.3 is 5.97 Å². The van der Waals surface area contributed by atoms with Gasteiger partial charge in [-0.25, -0.2) is 4.79 Å². The average molecular weight is 502 g/mol. The van der Waals surface area contributed by atoms with Crippen molar-refractivity contribution in [3.05, 3.63) is 0 Å². The Kier molecular flexibility index (Phi) is 8.81. The number of rotatable bonds is 6. The molecule has 0 aromatic heterocycles. The molecule has 16 nitrogen and oxygen atoms in total. The number of aliphatic hydroxyl groups is 9. The lowest BCUT2D eigenvalue weighted by Gasteiger charge is -2.47. The van der Waals surface area contributed by atoms with Gasteiger partial charge in [-0.3, -0.25) is 0 Å². The summed E-state index contributed by atoms with van der Waals surface area (Å²) in [6.45, 7) is 0.585. The predicted molar refractivity (Wildman–Crippen MR) is 100 cm³/mol. The second kappa shape index (κ2) is 10.9. The van der Waals surface area contributed by atoms with Crippen LogP contribution in [-0.4, -0.2) is 156 Å². The zero-order chi connectivity index (χ0) is 25.5. The van der Waals surface area contributed by atoms with Crippen LogP contribution in [0, 0.1) is 0 Å². The van der Waals surface area contributed by atoms with Crippen molar-refractivity contribution in [1.82, 2.24) is 0 Å². The molecule has 3 aliphatic heterocycles. The third kappa shape index (κ3) is 5.20. The van der Waals surface area contributed by atoms with Crippen LogP contribution in [-0.2, 0) is 28.5 Å². The van der Waals surface area contributed by atoms with Crippen molar-refractivity contribution in [2.24, 2.45) is 0 Å². The van der Waals surface area contributed by atoms with E-state index in [9.17, 15) is 55.9 Å². The normalized spacial score (nSPS) is 52.4. The van der Waals surface area contributed by atoms with E-state index in [4.69, 9.17) is 23.7 Å². The number of carbonyl (C=O) groups is 1. The van der Waals surface area contributed by atoms with Gasteiger partial charge in [0.1, 0.15) is 61.0 Å². The molecule has 0 spiro atoms. The van der Waals surface area contributed by atoms with E-state index < -0.39 is 105 Å². The smallest absolute Gasteiger partial charge is 0.335 e. The molecule has 0 amide bonds. The summed E-state index contributed by atoms with van der Waals surface area (Å²) in [5, 5.41) is 99.7. The maximum atomic E-state index is 11.3. The van der Waals surface area contributed by atoms with Crippen molar-refractivity contribution in [2.75, 3.05) is 6.61 Å². The van der Waals surface area contributed by atoms with Gasteiger partial charge in [0.05, 0.1) is 12.7 Å². The van der Waals surface area contributed by atoms with E-state index in [1.54, 1.807) is 0 Å². The minimum Gasteiger partial charge on any atom is -0.479 e. The second-order valence-electron chi connectivity index (χ2n) is 8.36. The van der Waals surface area contributed by atoms with Crippen molar-refractivity contribution in [2.45, 2.75) is 99.0 Å². The zero-order valence-corrected chi connectivity index (χ0v) is 17.8. The Morgan fingerprint density at radius 1 is 0.706 bits per heavy atom. The molecule has 34 heavy (non-hydrogen) atoms. The van der Waals surface area contributed by atoms with Crippen LogP contribution in [0.2, 0.25) is 0 Å². The Bertz CT molecular complexity index is 695. The molecule has 16 heteroatoms. The van der Waals surface area contributed by atoms with Crippen molar-refractivity contribution in [1.29, 1.82) is 0 Å². The quantitative estimate of drug-likeness (QED) is 0.162. The molecule has 0 bridgehead atoms. The van der Waals surface area contributed by atoms with Gasteiger partial charge in [0.25, 0.3) is 0 Å². The van der Waals surface area contributed by atoms with Crippen LogP contribution in [0.5, 0.6) is 0 Å². The number of hydrogen-bond donors (Lipinski definition) is 10. The molecule has 0 aliphatic carbocycles. The first kappa shape index (κ1) is 27.5. The van der Waals surface area contributed by atoms with E-state index in [-0.39, 0.29) is 0 Å². The summed E-state index contributed by atoms with van der Waals surface area (Å²) >= 11 is 0. The molecule has 3 fully saturated rings. The van der Waals surface area contributed by atoms with Crippen LogP contribution in [0.3, 0.4) is 0 Å². The summed E-state index contributed by atoms with van der Waals surface area (Å²) in [5.74, 6) is -1.69. The highest BCUT2D eigenvalue weighted by atomic mass is 16.8. The Morgan fingerprint density at radius 2 is 1.32 bits per heavy atom. The second-order valence-corrected chi connectivity index (χ2v) is 8.36. The molecule has 3 aliphatic rings. The minimum atomic E-state index is -2.02. The molecule has 0 radical (unpaired) electrons. The van der Waals surface area contributed by atoms with E-state index in [0.29, 0.717) is 0 Å². The third-order valence-corrected chi connectivity index (χ3v) is 6.02. The molecule has 3 rings (SSSR count). The van der Waals surface area contributed by atoms with E-state index in [2.05, 4.69) is 0 Å². The van der Waals surface area contributed by atoms with Crippen LogP contribution < -0.4 is 0 Å². The summed E-state index contributed by atoms with van der Waals surface area (Å²) < 4.78 is 26.3.